The fourth-order valence-electron chi connectivity index (χ4n) is 20.6. The first-order valence-electron chi connectivity index (χ1n) is 49.3. The van der Waals surface area contributed by atoms with Gasteiger partial charge in [-0.15, -0.1) is 11.8 Å². The predicted molar refractivity (Wildman–Crippen MR) is 508 cm³/mol. The van der Waals surface area contributed by atoms with Gasteiger partial charge in [-0.2, -0.15) is 5.10 Å². The summed E-state index contributed by atoms with van der Waals surface area (Å²) in [5.74, 6) is 9.08. The quantitative estimate of drug-likeness (QED) is 0.00778. The van der Waals surface area contributed by atoms with Crippen molar-refractivity contribution in [2.45, 2.75) is 251 Å². The molecule has 2 unspecified atom stereocenters. The summed E-state index contributed by atoms with van der Waals surface area (Å²) in [6.45, 7) is 21.9. The van der Waals surface area contributed by atoms with Crippen molar-refractivity contribution in [2.24, 2.45) is 62.3 Å². The van der Waals surface area contributed by atoms with E-state index in [-0.39, 0.29) is 87.4 Å². The Morgan fingerprint density at radius 2 is 1.09 bits per heavy atom. The molecule has 10 amide bonds. The summed E-state index contributed by atoms with van der Waals surface area (Å²) >= 11 is 0. The number of nitrogens with zero attached hydrogens (tertiary/aromatic N) is 3. The molecule has 7 aliphatic carbocycles. The van der Waals surface area contributed by atoms with Crippen molar-refractivity contribution in [1.82, 2.24) is 42.5 Å². The molecule has 0 aliphatic heterocycles. The van der Waals surface area contributed by atoms with Gasteiger partial charge in [0.1, 0.15) is 42.6 Å². The molecule has 34 heteroatoms. The third-order valence-corrected chi connectivity index (χ3v) is 28.2. The number of unbranched alkanes of at least 4 members (excludes halogenated alkanes) is 1. The summed E-state index contributed by atoms with van der Waals surface area (Å²) in [6.07, 6.45) is 15.6. The maximum atomic E-state index is 15.0. The first kappa shape index (κ1) is 109. The Morgan fingerprint density at radius 3 is 1.66 bits per heavy atom. The summed E-state index contributed by atoms with van der Waals surface area (Å²) in [4.78, 5) is 143. The Bertz CT molecular complexity index is 4270. The minimum atomic E-state index is -1.46. The topological polar surface area (TPSA) is 442 Å². The normalized spacial score (nSPS) is 24.5. The highest BCUT2D eigenvalue weighted by Gasteiger charge is 2.59. The fraction of sp³-hybridized carbons (Fsp3) is 0.740. The zero-order valence-electron chi connectivity index (χ0n) is 81.8. The van der Waals surface area contributed by atoms with Crippen LogP contribution in [-0.2, 0) is 114 Å². The molecule has 12 N–H and O–H groups in total. The standard InChI is InChI=1S/C100H157N13O21/c1-68(2)88(93(121)106-70(4)90(118)109-81(65-114)92(120)107-73-33-30-72-32-35-84-98(6,78(72)64-73)39-22-41-100(84,8)95(123)111-94(122)99(7)40-21-38-97(5)77-63-69(3)28-29-71(77)31-34-83(97)99)110-91(119)80(108-86(116)37-48-126-52-56-130-60-62-132-58-54-128-50-45-105-96(124)134-66-76-74-23-15-12-13-16-24-75(74)76)26-19-20-42-103-87(117)67-133-82-27-18-14-17-25-79(89(82)112-101)102-44-49-127-53-57-131-61-59-129-55-51-125-47-36-85(115)104-43-46-113(9,10)11/h28-30,33,63-64,68,70,74-76,80-84,88,114H,14-27,31-32,34-62,65-67H2,1-11H3,(H10-,101,102,103,104,105,106,107,108,109,110,111,115,116,117,118,119,120,121,122,123,124)/p+1/t70-,74-,75+,76?,80+,81-,82?,83+,84+,88-,97+,98+,99-,100-/m0/s1. The number of aliphatic hydroxyl groups is 1. The van der Waals surface area contributed by atoms with Crippen LogP contribution in [-0.4, -0.2) is 290 Å². The maximum Gasteiger partial charge on any atom is 0.407 e. The summed E-state index contributed by atoms with van der Waals surface area (Å²) in [7, 11) is 6.22. The van der Waals surface area contributed by atoms with Gasteiger partial charge in [0.2, 0.25) is 53.2 Å². The van der Waals surface area contributed by atoms with E-state index in [1.54, 1.807) is 19.9 Å². The zero-order chi connectivity index (χ0) is 96.7. The molecule has 34 nitrogen and oxygen atoms in total. The molecule has 4 fully saturated rings. The lowest BCUT2D eigenvalue weighted by Crippen LogP contribution is -2.60. The first-order valence-corrected chi connectivity index (χ1v) is 49.3. The van der Waals surface area contributed by atoms with Gasteiger partial charge in [-0.1, -0.05) is 97.1 Å². The van der Waals surface area contributed by atoms with Gasteiger partial charge in [0.05, 0.1) is 176 Å². The number of nitrogens with one attached hydrogen (secondary N) is 9. The number of fused-ring (bicyclic) bond motifs is 7. The van der Waals surface area contributed by atoms with Gasteiger partial charge in [-0.3, -0.25) is 53.5 Å². The molecule has 0 saturated heterocycles. The number of amides is 10. The minimum Gasteiger partial charge on any atom is -0.449 e. The average molecular weight is 1880 g/mol. The van der Waals surface area contributed by atoms with Crippen molar-refractivity contribution in [1.29, 1.82) is 0 Å². The molecule has 0 heterocycles. The van der Waals surface area contributed by atoms with Gasteiger partial charge >= 0.3 is 6.09 Å². The number of rotatable bonds is 56. The molecule has 0 radical (unpaired) electrons. The van der Waals surface area contributed by atoms with E-state index >= 15 is 0 Å². The molecule has 7 aliphatic rings. The average Bonchev–Trinajstić information content (AvgIpc) is 1.14. The Labute approximate surface area is 793 Å². The molecule has 9 rings (SSSR count). The largest absolute Gasteiger partial charge is 0.449 e. The maximum absolute atomic E-state index is 15.0. The molecule has 748 valence electrons. The lowest BCUT2D eigenvalue weighted by atomic mass is 9.49. The van der Waals surface area contributed by atoms with Crippen LogP contribution in [0.1, 0.15) is 218 Å². The second-order valence-corrected chi connectivity index (χ2v) is 39.5. The summed E-state index contributed by atoms with van der Waals surface area (Å²) in [5, 5.41) is 40.1. The smallest absolute Gasteiger partial charge is 0.407 e. The fourth-order valence-corrected chi connectivity index (χ4v) is 20.6. The van der Waals surface area contributed by atoms with Crippen LogP contribution in [0.25, 0.3) is 0 Å². The summed E-state index contributed by atoms with van der Waals surface area (Å²) < 4.78 is 57.5. The number of likely N-dealkylation sites (N-methyl/N-ethyl adjacent to an activating group) is 1. The number of ether oxygens (including phenoxy) is 10. The number of aryl methyl sites for hydroxylation is 3. The van der Waals surface area contributed by atoms with Crippen LogP contribution in [0.4, 0.5) is 10.5 Å². The van der Waals surface area contributed by atoms with Crippen LogP contribution < -0.4 is 53.7 Å². The number of carbonyl (C=O) groups excluding carboxylic acids is 10. The summed E-state index contributed by atoms with van der Waals surface area (Å²) in [6, 6.07) is 7.25. The van der Waals surface area contributed by atoms with E-state index in [4.69, 9.17) is 58.2 Å². The third-order valence-electron chi connectivity index (χ3n) is 28.2. The number of nitrogens with two attached hydrogens (primary N) is 1. The van der Waals surface area contributed by atoms with Gasteiger partial charge in [0.15, 0.2) is 0 Å². The lowest BCUT2D eigenvalue weighted by Gasteiger charge is -2.56. The van der Waals surface area contributed by atoms with Crippen LogP contribution in [0.2, 0.25) is 0 Å². The molecule has 2 aromatic carbocycles. The van der Waals surface area contributed by atoms with Crippen LogP contribution in [0.3, 0.4) is 0 Å². The van der Waals surface area contributed by atoms with E-state index in [2.05, 4.69) is 132 Å². The van der Waals surface area contributed by atoms with Crippen molar-refractivity contribution in [3.8, 4) is 11.8 Å². The van der Waals surface area contributed by atoms with Crippen LogP contribution in [0.15, 0.2) is 46.5 Å². The monoisotopic (exact) mass is 1880 g/mol. The minimum absolute atomic E-state index is 0.0104. The lowest BCUT2D eigenvalue weighted by molar-refractivity contribution is -0.869. The number of hydrogen-bond donors (Lipinski definition) is 11. The van der Waals surface area contributed by atoms with Crippen LogP contribution >= 0.6 is 0 Å². The summed E-state index contributed by atoms with van der Waals surface area (Å²) in [5.41, 5.74) is 5.24. The number of alkyl carbamates (subject to hydrolysis) is 1. The number of hydrazone groups is 1. The molecule has 134 heavy (non-hydrogen) atoms. The number of anilines is 1. The highest BCUT2D eigenvalue weighted by atomic mass is 16.6. The highest BCUT2D eigenvalue weighted by molar-refractivity contribution is 6.44. The van der Waals surface area contributed by atoms with E-state index < -0.39 is 101 Å². The molecular formula is C100H158N13O21+. The first-order chi connectivity index (χ1) is 64.3. The SMILES string of the molecule is Cc1ccc2c(c1)[C@@]1(C)CCC[C@](C)(C(=O)NC(=O)[C@@]3(C)CCC[C@]4(C)c5cc(NC(=O)[C@H](CO)NC(=O)[C@H](C)NC(=O)[C@@H](NC(=O)[C@@H](CCCCNC(=O)COC6CCCCCC(=NCCOCCOCCOCCOCCC(=O)NCC[N+](C)(C)C)C6=NN)NC(=O)CCOCCOCCOCCOCCNC(=O)OCC6[C@H]7CCC#CCC[C@@H]67)C(C)C)ccc5CC[C@@H]34)[C@@H]1CC2. The van der Waals surface area contributed by atoms with Crippen molar-refractivity contribution in [3.63, 3.8) is 0 Å². The van der Waals surface area contributed by atoms with E-state index in [0.29, 0.717) is 192 Å². The molecule has 14 atom stereocenters. The zero-order valence-corrected chi connectivity index (χ0v) is 81.8. The second kappa shape index (κ2) is 55.1. The van der Waals surface area contributed by atoms with Gasteiger partial charge in [-0.05, 0) is 197 Å². The number of imide groups is 1. The van der Waals surface area contributed by atoms with E-state index in [0.717, 1.165) is 112 Å². The van der Waals surface area contributed by atoms with Gasteiger partial charge < -0.3 is 105 Å². The predicted octanol–water partition coefficient (Wildman–Crippen LogP) is 7.20. The van der Waals surface area contributed by atoms with Gasteiger partial charge in [0, 0.05) is 44.5 Å². The van der Waals surface area contributed by atoms with Crippen molar-refractivity contribution >= 4 is 76.4 Å². The van der Waals surface area contributed by atoms with E-state index in [1.807, 2.05) is 19.1 Å². The van der Waals surface area contributed by atoms with Crippen molar-refractivity contribution in [3.05, 3.63) is 64.2 Å². The van der Waals surface area contributed by atoms with Crippen molar-refractivity contribution in [2.75, 3.05) is 185 Å². The van der Waals surface area contributed by atoms with Crippen LogP contribution in [0.5, 0.6) is 0 Å². The van der Waals surface area contributed by atoms with Gasteiger partial charge in [-0.25, -0.2) is 4.79 Å². The Balaban J connectivity index is 0.708. The molecular weight excluding hydrogens is 1720 g/mol. The third kappa shape index (κ3) is 33.4. The number of aliphatic hydroxyl groups excluding tert-OH is 1. The molecule has 4 saturated carbocycles. The highest BCUT2D eigenvalue weighted by Crippen LogP contribution is 2.60. The Hall–Kier alpha value is -8.60. The van der Waals surface area contributed by atoms with Crippen molar-refractivity contribution < 1.29 is 105 Å². The number of hydrogen-bond acceptors (Lipinski definition) is 24. The second-order valence-electron chi connectivity index (χ2n) is 39.5. The van der Waals surface area contributed by atoms with E-state index in [9.17, 15) is 53.1 Å². The molecule has 0 spiro atoms. The van der Waals surface area contributed by atoms with E-state index in [1.165, 1.54) is 23.6 Å². The Kier molecular flexibility index (Phi) is 44.8. The molecule has 0 bridgehead atoms. The number of quaternary nitrogens is 1. The number of aliphatic imine (C=N–C) groups is 1. The number of benzene rings is 2. The number of carbonyl (C=O) groups is 10. The molecule has 0 aromatic heterocycles. The Morgan fingerprint density at radius 1 is 0.537 bits per heavy atom. The van der Waals surface area contributed by atoms with Crippen LogP contribution in [0, 0.1) is 65.1 Å². The van der Waals surface area contributed by atoms with Gasteiger partial charge in [0.25, 0.3) is 0 Å². The molecule has 2 aromatic rings.